The Morgan fingerprint density at radius 1 is 1.05 bits per heavy atom. The Balaban J connectivity index is 1.67. The number of hydrogen-bond acceptors (Lipinski definition) is 6. The summed E-state index contributed by atoms with van der Waals surface area (Å²) in [6.45, 7) is 1.77. The van der Waals surface area contributed by atoms with Crippen LogP contribution < -0.4 is 9.47 Å². The molecule has 3 rings (SSSR count). The molecule has 1 aromatic carbocycles. The standard InChI is InChI=1S/C16H12N2O3S/c1-11-15(22-10-18-11)16(19)21-13-7-5-12(6-8-13)20-14-4-2-3-9-17-14/h2-10H,1H3. The smallest absolute Gasteiger partial charge is 0.355 e. The van der Waals surface area contributed by atoms with Gasteiger partial charge in [-0.25, -0.2) is 14.8 Å². The molecule has 0 amide bonds. The zero-order valence-corrected chi connectivity index (χ0v) is 12.5. The summed E-state index contributed by atoms with van der Waals surface area (Å²) in [5.74, 6) is 1.17. The number of carbonyl (C=O) groups is 1. The van der Waals surface area contributed by atoms with Gasteiger partial charge in [-0.2, -0.15) is 0 Å². The molecule has 0 aliphatic carbocycles. The molecule has 0 N–H and O–H groups in total. The second kappa shape index (κ2) is 6.36. The number of hydrogen-bond donors (Lipinski definition) is 0. The van der Waals surface area contributed by atoms with Gasteiger partial charge in [0.25, 0.3) is 0 Å². The van der Waals surface area contributed by atoms with Gasteiger partial charge in [-0.1, -0.05) is 6.07 Å². The zero-order valence-electron chi connectivity index (χ0n) is 11.7. The summed E-state index contributed by atoms with van der Waals surface area (Å²) < 4.78 is 10.9. The molecule has 0 aliphatic heterocycles. The predicted molar refractivity (Wildman–Crippen MR) is 82.6 cm³/mol. The van der Waals surface area contributed by atoms with E-state index in [0.717, 1.165) is 0 Å². The summed E-state index contributed by atoms with van der Waals surface area (Å²) in [6.07, 6.45) is 1.66. The number of thiazole rings is 1. The van der Waals surface area contributed by atoms with Crippen LogP contribution in [0.25, 0.3) is 0 Å². The van der Waals surface area contributed by atoms with E-state index in [1.807, 2.05) is 12.1 Å². The number of pyridine rings is 1. The fourth-order valence-electron chi connectivity index (χ4n) is 1.76. The summed E-state index contributed by atoms with van der Waals surface area (Å²) in [7, 11) is 0. The van der Waals surface area contributed by atoms with Gasteiger partial charge in [0.1, 0.15) is 16.4 Å². The molecule has 0 saturated carbocycles. The normalized spacial score (nSPS) is 10.2. The van der Waals surface area contributed by atoms with Crippen LogP contribution in [0.15, 0.2) is 54.2 Å². The van der Waals surface area contributed by atoms with E-state index in [1.165, 1.54) is 11.3 Å². The Morgan fingerprint density at radius 3 is 2.45 bits per heavy atom. The molecule has 2 heterocycles. The van der Waals surface area contributed by atoms with Crippen LogP contribution in [-0.2, 0) is 0 Å². The van der Waals surface area contributed by atoms with Gasteiger partial charge in [-0.15, -0.1) is 11.3 Å². The number of esters is 1. The fraction of sp³-hybridized carbons (Fsp3) is 0.0625. The number of ether oxygens (including phenoxy) is 2. The molecular weight excluding hydrogens is 300 g/mol. The van der Waals surface area contributed by atoms with Gasteiger partial charge in [0, 0.05) is 12.3 Å². The number of aryl methyl sites for hydroxylation is 1. The van der Waals surface area contributed by atoms with Crippen LogP contribution in [0.4, 0.5) is 0 Å². The highest BCUT2D eigenvalue weighted by molar-refractivity contribution is 7.11. The molecule has 5 nitrogen and oxygen atoms in total. The minimum absolute atomic E-state index is 0.404. The van der Waals surface area contributed by atoms with Crippen LogP contribution in [0, 0.1) is 6.92 Å². The highest BCUT2D eigenvalue weighted by Crippen LogP contribution is 2.23. The predicted octanol–water partition coefficient (Wildman–Crippen LogP) is 3.86. The molecule has 6 heteroatoms. The summed E-state index contributed by atoms with van der Waals surface area (Å²) in [5.41, 5.74) is 2.29. The van der Waals surface area contributed by atoms with E-state index >= 15 is 0 Å². The maximum absolute atomic E-state index is 12.0. The first-order chi connectivity index (χ1) is 10.7. The van der Waals surface area contributed by atoms with Crippen molar-refractivity contribution >= 4 is 17.3 Å². The Labute approximate surface area is 131 Å². The van der Waals surface area contributed by atoms with Crippen LogP contribution in [0.3, 0.4) is 0 Å². The van der Waals surface area contributed by atoms with Crippen molar-refractivity contribution < 1.29 is 14.3 Å². The van der Waals surface area contributed by atoms with Gasteiger partial charge >= 0.3 is 5.97 Å². The minimum atomic E-state index is -0.404. The van der Waals surface area contributed by atoms with Crippen molar-refractivity contribution in [3.8, 4) is 17.4 Å². The van der Waals surface area contributed by atoms with Crippen molar-refractivity contribution in [3.63, 3.8) is 0 Å². The first-order valence-electron chi connectivity index (χ1n) is 6.53. The van der Waals surface area contributed by atoms with Crippen molar-refractivity contribution in [2.45, 2.75) is 6.92 Å². The first-order valence-corrected chi connectivity index (χ1v) is 7.41. The van der Waals surface area contributed by atoms with E-state index in [9.17, 15) is 4.79 Å². The van der Waals surface area contributed by atoms with Crippen molar-refractivity contribution in [2.24, 2.45) is 0 Å². The number of benzene rings is 1. The third-order valence-corrected chi connectivity index (χ3v) is 3.73. The van der Waals surface area contributed by atoms with Crippen LogP contribution in [0.2, 0.25) is 0 Å². The van der Waals surface area contributed by atoms with Crippen molar-refractivity contribution in [1.82, 2.24) is 9.97 Å². The summed E-state index contributed by atoms with van der Waals surface area (Å²) in [4.78, 5) is 20.6. The summed E-state index contributed by atoms with van der Waals surface area (Å²) in [5, 5.41) is 0. The molecule has 0 radical (unpaired) electrons. The molecule has 0 unspecified atom stereocenters. The average molecular weight is 312 g/mol. The van der Waals surface area contributed by atoms with Crippen LogP contribution in [-0.4, -0.2) is 15.9 Å². The fourth-order valence-corrected chi connectivity index (χ4v) is 2.43. The second-order valence-corrected chi connectivity index (χ2v) is 5.25. The largest absolute Gasteiger partial charge is 0.439 e. The van der Waals surface area contributed by atoms with Gasteiger partial charge in [-0.05, 0) is 37.3 Å². The molecular formula is C16H12N2O3S. The van der Waals surface area contributed by atoms with E-state index in [-0.39, 0.29) is 0 Å². The van der Waals surface area contributed by atoms with Gasteiger partial charge in [0.2, 0.25) is 5.88 Å². The molecule has 0 spiro atoms. The Bertz CT molecular complexity index is 770. The third kappa shape index (κ3) is 3.29. The summed E-state index contributed by atoms with van der Waals surface area (Å²) in [6, 6.07) is 12.2. The lowest BCUT2D eigenvalue weighted by molar-refractivity contribution is 0.0738. The number of carbonyl (C=O) groups excluding carboxylic acids is 1. The number of rotatable bonds is 4. The lowest BCUT2D eigenvalue weighted by Gasteiger charge is -2.06. The quantitative estimate of drug-likeness (QED) is 0.541. The molecule has 22 heavy (non-hydrogen) atoms. The molecule has 110 valence electrons. The van der Waals surface area contributed by atoms with E-state index in [4.69, 9.17) is 9.47 Å². The number of aromatic nitrogens is 2. The first kappa shape index (κ1) is 14.2. The van der Waals surface area contributed by atoms with Crippen molar-refractivity contribution in [3.05, 3.63) is 64.7 Å². The summed E-state index contributed by atoms with van der Waals surface area (Å²) >= 11 is 1.26. The Kier molecular flexibility index (Phi) is 4.11. The third-order valence-electron chi connectivity index (χ3n) is 2.83. The highest BCUT2D eigenvalue weighted by Gasteiger charge is 2.14. The van der Waals surface area contributed by atoms with Crippen molar-refractivity contribution in [2.75, 3.05) is 0 Å². The monoisotopic (exact) mass is 312 g/mol. The van der Waals surface area contributed by atoms with Crippen LogP contribution in [0.5, 0.6) is 17.4 Å². The van der Waals surface area contributed by atoms with Crippen molar-refractivity contribution in [1.29, 1.82) is 0 Å². The Hall–Kier alpha value is -2.73. The van der Waals surface area contributed by atoms with E-state index < -0.39 is 5.97 Å². The molecule has 0 fully saturated rings. The maximum atomic E-state index is 12.0. The topological polar surface area (TPSA) is 61.3 Å². The highest BCUT2D eigenvalue weighted by atomic mass is 32.1. The molecule has 0 bridgehead atoms. The maximum Gasteiger partial charge on any atom is 0.355 e. The molecule has 0 saturated heterocycles. The second-order valence-electron chi connectivity index (χ2n) is 4.40. The lowest BCUT2D eigenvalue weighted by Crippen LogP contribution is -2.07. The molecule has 3 aromatic rings. The molecule has 2 aromatic heterocycles. The minimum Gasteiger partial charge on any atom is -0.439 e. The lowest BCUT2D eigenvalue weighted by atomic mass is 10.3. The zero-order chi connectivity index (χ0) is 15.4. The number of nitrogens with zero attached hydrogens (tertiary/aromatic N) is 2. The van der Waals surface area contributed by atoms with E-state index in [1.54, 1.807) is 49.0 Å². The van der Waals surface area contributed by atoms with Gasteiger partial charge in [-0.3, -0.25) is 0 Å². The SMILES string of the molecule is Cc1ncsc1C(=O)Oc1ccc(Oc2ccccn2)cc1. The molecule has 0 atom stereocenters. The van der Waals surface area contributed by atoms with Gasteiger partial charge in [0.05, 0.1) is 11.2 Å². The van der Waals surface area contributed by atoms with E-state index in [2.05, 4.69) is 9.97 Å². The van der Waals surface area contributed by atoms with Crippen LogP contribution in [0.1, 0.15) is 15.4 Å². The average Bonchev–Trinajstić information content (AvgIpc) is 2.96. The van der Waals surface area contributed by atoms with E-state index in [0.29, 0.717) is 28.0 Å². The van der Waals surface area contributed by atoms with Crippen LogP contribution >= 0.6 is 11.3 Å². The van der Waals surface area contributed by atoms with Gasteiger partial charge < -0.3 is 9.47 Å². The Morgan fingerprint density at radius 2 is 1.82 bits per heavy atom. The molecule has 0 aliphatic rings. The van der Waals surface area contributed by atoms with Gasteiger partial charge in [0.15, 0.2) is 0 Å².